The Morgan fingerprint density at radius 2 is 1.83 bits per heavy atom. The topological polar surface area (TPSA) is 49.9 Å². The zero-order chi connectivity index (χ0) is 16.8. The number of ether oxygens (including phenoxy) is 1. The number of carbonyl (C=O) groups excluding carboxylic acids is 2. The SMILES string of the molecule is COC(=O)N1CCCN(C(=O)C(C)Cc2ccccc2F)CC1. The molecule has 0 saturated carbocycles. The zero-order valence-corrected chi connectivity index (χ0v) is 13.6. The van der Waals surface area contributed by atoms with E-state index in [4.69, 9.17) is 4.74 Å². The predicted octanol–water partition coefficient (Wildman–Crippen LogP) is 2.31. The van der Waals surface area contributed by atoms with Crippen molar-refractivity contribution in [3.8, 4) is 0 Å². The highest BCUT2D eigenvalue weighted by molar-refractivity contribution is 5.79. The number of carbonyl (C=O) groups is 2. The second kappa shape index (κ2) is 7.94. The number of benzene rings is 1. The predicted molar refractivity (Wildman–Crippen MR) is 84.4 cm³/mol. The van der Waals surface area contributed by atoms with Crippen molar-refractivity contribution in [3.05, 3.63) is 35.6 Å². The Morgan fingerprint density at radius 1 is 1.17 bits per heavy atom. The van der Waals surface area contributed by atoms with E-state index in [1.807, 2.05) is 6.92 Å². The molecule has 0 aromatic heterocycles. The van der Waals surface area contributed by atoms with Gasteiger partial charge in [-0.1, -0.05) is 25.1 Å². The van der Waals surface area contributed by atoms with Gasteiger partial charge in [-0.2, -0.15) is 0 Å². The Hall–Kier alpha value is -2.11. The quantitative estimate of drug-likeness (QED) is 0.858. The van der Waals surface area contributed by atoms with Crippen LogP contribution in [0.3, 0.4) is 0 Å². The summed E-state index contributed by atoms with van der Waals surface area (Å²) in [5.74, 6) is -0.573. The van der Waals surface area contributed by atoms with E-state index in [1.54, 1.807) is 28.0 Å². The molecule has 23 heavy (non-hydrogen) atoms. The summed E-state index contributed by atoms with van der Waals surface area (Å²) in [6, 6.07) is 6.53. The molecule has 0 spiro atoms. The van der Waals surface area contributed by atoms with Crippen LogP contribution in [0.5, 0.6) is 0 Å². The molecular weight excluding hydrogens is 299 g/mol. The van der Waals surface area contributed by atoms with Gasteiger partial charge >= 0.3 is 6.09 Å². The highest BCUT2D eigenvalue weighted by Crippen LogP contribution is 2.16. The van der Waals surface area contributed by atoms with Gasteiger partial charge in [0.15, 0.2) is 0 Å². The number of hydrogen-bond donors (Lipinski definition) is 0. The molecule has 1 heterocycles. The van der Waals surface area contributed by atoms with E-state index in [9.17, 15) is 14.0 Å². The lowest BCUT2D eigenvalue weighted by Crippen LogP contribution is -2.39. The molecule has 1 aromatic carbocycles. The monoisotopic (exact) mass is 322 g/mol. The molecule has 5 nitrogen and oxygen atoms in total. The Bertz CT molecular complexity index is 565. The average molecular weight is 322 g/mol. The first-order valence-electron chi connectivity index (χ1n) is 7.88. The summed E-state index contributed by atoms with van der Waals surface area (Å²) in [4.78, 5) is 27.5. The highest BCUT2D eigenvalue weighted by atomic mass is 19.1. The molecule has 1 aliphatic heterocycles. The molecule has 1 aromatic rings. The molecule has 0 N–H and O–H groups in total. The number of nitrogens with zero attached hydrogens (tertiary/aromatic N) is 2. The Labute approximate surface area is 136 Å². The van der Waals surface area contributed by atoms with E-state index in [2.05, 4.69) is 0 Å². The van der Waals surface area contributed by atoms with Gasteiger partial charge in [0.05, 0.1) is 7.11 Å². The molecule has 2 amide bonds. The molecule has 1 aliphatic rings. The van der Waals surface area contributed by atoms with Crippen LogP contribution in [0.4, 0.5) is 9.18 Å². The van der Waals surface area contributed by atoms with E-state index in [0.29, 0.717) is 44.6 Å². The van der Waals surface area contributed by atoms with Crippen LogP contribution in [0.25, 0.3) is 0 Å². The third kappa shape index (κ3) is 4.43. The minimum absolute atomic E-state index is 0.0000288. The summed E-state index contributed by atoms with van der Waals surface area (Å²) in [6.07, 6.45) is 0.731. The molecule has 1 fully saturated rings. The van der Waals surface area contributed by atoms with Gasteiger partial charge in [0.1, 0.15) is 5.82 Å². The summed E-state index contributed by atoms with van der Waals surface area (Å²) in [6.45, 7) is 3.95. The van der Waals surface area contributed by atoms with Crippen molar-refractivity contribution in [3.63, 3.8) is 0 Å². The Balaban J connectivity index is 1.94. The smallest absolute Gasteiger partial charge is 0.409 e. The number of rotatable bonds is 3. The summed E-state index contributed by atoms with van der Waals surface area (Å²) in [7, 11) is 1.35. The lowest BCUT2D eigenvalue weighted by atomic mass is 9.99. The summed E-state index contributed by atoms with van der Waals surface area (Å²) < 4.78 is 18.4. The minimum atomic E-state index is -0.362. The van der Waals surface area contributed by atoms with Crippen molar-refractivity contribution >= 4 is 12.0 Å². The molecule has 126 valence electrons. The maximum Gasteiger partial charge on any atom is 0.409 e. The summed E-state index contributed by atoms with van der Waals surface area (Å²) in [5.41, 5.74) is 0.555. The van der Waals surface area contributed by atoms with E-state index >= 15 is 0 Å². The second-order valence-corrected chi connectivity index (χ2v) is 5.83. The van der Waals surface area contributed by atoms with Gasteiger partial charge in [-0.05, 0) is 24.5 Å². The molecule has 0 aliphatic carbocycles. The van der Waals surface area contributed by atoms with Crippen molar-refractivity contribution in [1.29, 1.82) is 0 Å². The van der Waals surface area contributed by atoms with Crippen LogP contribution in [0.15, 0.2) is 24.3 Å². The van der Waals surface area contributed by atoms with E-state index in [1.165, 1.54) is 13.2 Å². The highest BCUT2D eigenvalue weighted by Gasteiger charge is 2.25. The zero-order valence-electron chi connectivity index (χ0n) is 13.6. The van der Waals surface area contributed by atoms with Crippen LogP contribution in [0.2, 0.25) is 0 Å². The van der Waals surface area contributed by atoms with E-state index in [-0.39, 0.29) is 23.7 Å². The fraction of sp³-hybridized carbons (Fsp3) is 0.529. The van der Waals surface area contributed by atoms with Crippen LogP contribution in [-0.2, 0) is 16.0 Å². The minimum Gasteiger partial charge on any atom is -0.453 e. The van der Waals surface area contributed by atoms with Gasteiger partial charge in [-0.3, -0.25) is 4.79 Å². The number of amides is 2. The molecule has 2 rings (SSSR count). The molecule has 6 heteroatoms. The first-order chi connectivity index (χ1) is 11.0. The van der Waals surface area contributed by atoms with Gasteiger partial charge < -0.3 is 14.5 Å². The van der Waals surface area contributed by atoms with Crippen molar-refractivity contribution in [2.45, 2.75) is 19.8 Å². The normalized spacial score (nSPS) is 16.7. The van der Waals surface area contributed by atoms with Gasteiger partial charge in [-0.25, -0.2) is 9.18 Å². The number of methoxy groups -OCH3 is 1. The average Bonchev–Trinajstić information content (AvgIpc) is 2.81. The van der Waals surface area contributed by atoms with Crippen LogP contribution < -0.4 is 0 Å². The molecule has 1 unspecified atom stereocenters. The molecule has 0 radical (unpaired) electrons. The van der Waals surface area contributed by atoms with Crippen molar-refractivity contribution in [2.24, 2.45) is 5.92 Å². The second-order valence-electron chi connectivity index (χ2n) is 5.83. The maximum atomic E-state index is 13.7. The van der Waals surface area contributed by atoms with Crippen molar-refractivity contribution in [2.75, 3.05) is 33.3 Å². The van der Waals surface area contributed by atoms with Crippen LogP contribution >= 0.6 is 0 Å². The van der Waals surface area contributed by atoms with Crippen molar-refractivity contribution < 1.29 is 18.7 Å². The van der Waals surface area contributed by atoms with Gasteiger partial charge in [-0.15, -0.1) is 0 Å². The molecule has 1 saturated heterocycles. The molecular formula is C17H23FN2O3. The van der Waals surface area contributed by atoms with Gasteiger partial charge in [0, 0.05) is 32.1 Å². The van der Waals surface area contributed by atoms with Crippen LogP contribution in [0, 0.1) is 11.7 Å². The fourth-order valence-corrected chi connectivity index (χ4v) is 2.84. The maximum absolute atomic E-state index is 13.7. The molecule has 0 bridgehead atoms. The lowest BCUT2D eigenvalue weighted by Gasteiger charge is -2.24. The van der Waals surface area contributed by atoms with Crippen LogP contribution in [-0.4, -0.2) is 55.1 Å². The third-order valence-electron chi connectivity index (χ3n) is 4.15. The van der Waals surface area contributed by atoms with Crippen molar-refractivity contribution in [1.82, 2.24) is 9.80 Å². The lowest BCUT2D eigenvalue weighted by molar-refractivity contribution is -0.134. The molecule has 1 atom stereocenters. The number of hydrogen-bond acceptors (Lipinski definition) is 3. The number of halogens is 1. The third-order valence-corrected chi connectivity index (χ3v) is 4.15. The van der Waals surface area contributed by atoms with Gasteiger partial charge in [0.2, 0.25) is 5.91 Å². The standard InChI is InChI=1S/C17H23FN2O3/c1-13(12-14-6-3-4-7-15(14)18)16(21)19-8-5-9-20(11-10-19)17(22)23-2/h3-4,6-7,13H,5,8-12H2,1-2H3. The Morgan fingerprint density at radius 3 is 2.52 bits per heavy atom. The van der Waals surface area contributed by atoms with Crippen LogP contribution in [0.1, 0.15) is 18.9 Å². The van der Waals surface area contributed by atoms with E-state index < -0.39 is 0 Å². The summed E-state index contributed by atoms with van der Waals surface area (Å²) in [5, 5.41) is 0. The van der Waals surface area contributed by atoms with Gasteiger partial charge in [0.25, 0.3) is 0 Å². The summed E-state index contributed by atoms with van der Waals surface area (Å²) >= 11 is 0. The fourth-order valence-electron chi connectivity index (χ4n) is 2.84. The van der Waals surface area contributed by atoms with E-state index in [0.717, 1.165) is 0 Å². The first-order valence-corrected chi connectivity index (χ1v) is 7.88. The largest absolute Gasteiger partial charge is 0.453 e. The Kier molecular flexibility index (Phi) is 5.96. The first kappa shape index (κ1) is 17.2.